The van der Waals surface area contributed by atoms with Gasteiger partial charge in [0.15, 0.2) is 0 Å². The maximum Gasteiger partial charge on any atom is 0.244 e. The van der Waals surface area contributed by atoms with Gasteiger partial charge in [-0.25, -0.2) is 9.37 Å². The summed E-state index contributed by atoms with van der Waals surface area (Å²) in [6.45, 7) is 0.327. The fourth-order valence-corrected chi connectivity index (χ4v) is 2.78. The molecule has 1 aromatic heterocycles. The first-order valence-electron chi connectivity index (χ1n) is 8.60. The molecule has 5 nitrogen and oxygen atoms in total. The number of anilines is 2. The van der Waals surface area contributed by atoms with Gasteiger partial charge >= 0.3 is 0 Å². The number of aromatic nitrogens is 1. The van der Waals surface area contributed by atoms with Gasteiger partial charge in [-0.1, -0.05) is 36.4 Å². The van der Waals surface area contributed by atoms with Gasteiger partial charge in [0.05, 0.1) is 12.6 Å². The molecule has 1 unspecified atom stereocenters. The first-order chi connectivity index (χ1) is 13.0. The molecule has 0 aliphatic carbocycles. The number of hydrogen-bond donors (Lipinski definition) is 2. The molecule has 0 radical (unpaired) electrons. The second-order valence-corrected chi connectivity index (χ2v) is 6.29. The Morgan fingerprint density at radius 2 is 1.67 bits per heavy atom. The summed E-state index contributed by atoms with van der Waals surface area (Å²) in [6, 6.07) is 18.1. The maximum atomic E-state index is 13.1. The van der Waals surface area contributed by atoms with Crippen LogP contribution < -0.4 is 16.4 Å². The number of amides is 1. The number of para-hydroxylation sites is 1. The predicted molar refractivity (Wildman–Crippen MR) is 104 cm³/mol. The topological polar surface area (TPSA) is 85.2 Å². The Morgan fingerprint density at radius 1 is 1.00 bits per heavy atom. The van der Waals surface area contributed by atoms with E-state index < -0.39 is 6.04 Å². The number of hydrogen-bond acceptors (Lipinski definition) is 4. The van der Waals surface area contributed by atoms with E-state index >= 15 is 0 Å². The van der Waals surface area contributed by atoms with Gasteiger partial charge in [-0.15, -0.1) is 0 Å². The van der Waals surface area contributed by atoms with Crippen LogP contribution in [0.3, 0.4) is 0 Å². The quantitative estimate of drug-likeness (QED) is 0.704. The Balaban J connectivity index is 1.81. The molecule has 0 fully saturated rings. The van der Waals surface area contributed by atoms with Crippen molar-refractivity contribution in [2.75, 3.05) is 10.6 Å². The van der Waals surface area contributed by atoms with E-state index in [0.29, 0.717) is 18.8 Å². The zero-order valence-electron chi connectivity index (χ0n) is 14.8. The minimum Gasteiger partial charge on any atom is -0.384 e. The van der Waals surface area contributed by atoms with Crippen molar-refractivity contribution < 1.29 is 9.18 Å². The van der Waals surface area contributed by atoms with Gasteiger partial charge in [0.25, 0.3) is 0 Å². The molecule has 0 saturated carbocycles. The molecule has 0 saturated heterocycles. The normalized spacial score (nSPS) is 11.8. The number of rotatable bonds is 6. The van der Waals surface area contributed by atoms with Gasteiger partial charge in [0.2, 0.25) is 5.91 Å². The second kappa shape index (κ2) is 8.42. The highest BCUT2D eigenvalue weighted by atomic mass is 19.1. The van der Waals surface area contributed by atoms with Gasteiger partial charge in [-0.05, 0) is 47.9 Å². The summed E-state index contributed by atoms with van der Waals surface area (Å²) in [7, 11) is 0. The van der Waals surface area contributed by atoms with Crippen LogP contribution in [0, 0.1) is 5.82 Å². The molecule has 27 heavy (non-hydrogen) atoms. The van der Waals surface area contributed by atoms with Gasteiger partial charge in [-0.2, -0.15) is 0 Å². The summed E-state index contributed by atoms with van der Waals surface area (Å²) < 4.78 is 13.1. The Morgan fingerprint density at radius 3 is 2.30 bits per heavy atom. The summed E-state index contributed by atoms with van der Waals surface area (Å²) in [5, 5.41) is 0. The van der Waals surface area contributed by atoms with Gasteiger partial charge in [-0.3, -0.25) is 4.79 Å². The fraction of sp³-hybridized carbons (Fsp3) is 0.143. The molecule has 1 amide bonds. The first-order valence-corrected chi connectivity index (χ1v) is 8.60. The van der Waals surface area contributed by atoms with Crippen LogP contribution in [0.25, 0.3) is 0 Å². The van der Waals surface area contributed by atoms with Crippen molar-refractivity contribution in [2.45, 2.75) is 19.0 Å². The van der Waals surface area contributed by atoms with E-state index in [9.17, 15) is 9.18 Å². The van der Waals surface area contributed by atoms with Gasteiger partial charge in [0, 0.05) is 11.9 Å². The number of carbonyl (C=O) groups is 1. The molecule has 4 N–H and O–H groups in total. The average molecular weight is 364 g/mol. The average Bonchev–Trinajstić information content (AvgIpc) is 2.69. The molecular weight excluding hydrogens is 343 g/mol. The van der Waals surface area contributed by atoms with Crippen LogP contribution in [0.15, 0.2) is 72.9 Å². The van der Waals surface area contributed by atoms with Gasteiger partial charge < -0.3 is 16.4 Å². The molecule has 1 atom stereocenters. The Hall–Kier alpha value is -3.25. The molecule has 0 spiro atoms. The summed E-state index contributed by atoms with van der Waals surface area (Å²) in [5.41, 5.74) is 14.2. The lowest BCUT2D eigenvalue weighted by Crippen LogP contribution is -2.44. The lowest BCUT2D eigenvalue weighted by molar-refractivity contribution is -0.120. The van der Waals surface area contributed by atoms with E-state index in [1.54, 1.807) is 29.3 Å². The smallest absolute Gasteiger partial charge is 0.244 e. The zero-order valence-corrected chi connectivity index (χ0v) is 14.8. The number of carbonyl (C=O) groups excluding carboxylic acids is 1. The zero-order chi connectivity index (χ0) is 19.2. The number of nitrogen functional groups attached to an aromatic ring is 1. The largest absolute Gasteiger partial charge is 0.384 e. The van der Waals surface area contributed by atoms with Crippen molar-refractivity contribution in [1.29, 1.82) is 0 Å². The van der Waals surface area contributed by atoms with Gasteiger partial charge in [0.1, 0.15) is 11.6 Å². The number of nitrogens with zero attached hydrogens (tertiary/aromatic N) is 2. The van der Waals surface area contributed by atoms with Crippen LogP contribution in [0.4, 0.5) is 15.9 Å². The predicted octanol–water partition coefficient (Wildman–Crippen LogP) is 2.91. The Kier molecular flexibility index (Phi) is 5.78. The Bertz CT molecular complexity index is 882. The molecule has 1 heterocycles. The highest BCUT2D eigenvalue weighted by Gasteiger charge is 2.23. The van der Waals surface area contributed by atoms with Crippen LogP contribution in [-0.2, 0) is 17.8 Å². The van der Waals surface area contributed by atoms with E-state index in [-0.39, 0.29) is 11.7 Å². The number of pyridine rings is 1. The van der Waals surface area contributed by atoms with Crippen LogP contribution >= 0.6 is 0 Å². The van der Waals surface area contributed by atoms with Crippen molar-refractivity contribution >= 4 is 17.4 Å². The number of nitrogens with two attached hydrogens (primary N) is 2. The monoisotopic (exact) mass is 364 g/mol. The van der Waals surface area contributed by atoms with E-state index in [2.05, 4.69) is 4.98 Å². The third-order valence-electron chi connectivity index (χ3n) is 4.21. The molecule has 138 valence electrons. The number of benzene rings is 2. The van der Waals surface area contributed by atoms with Crippen molar-refractivity contribution in [2.24, 2.45) is 5.73 Å². The molecule has 3 aromatic rings. The summed E-state index contributed by atoms with van der Waals surface area (Å²) in [5.74, 6) is -0.118. The Labute approximate surface area is 157 Å². The van der Waals surface area contributed by atoms with Crippen LogP contribution in [0.2, 0.25) is 0 Å². The van der Waals surface area contributed by atoms with E-state index in [0.717, 1.165) is 16.8 Å². The van der Waals surface area contributed by atoms with E-state index in [4.69, 9.17) is 11.5 Å². The summed E-state index contributed by atoms with van der Waals surface area (Å²) in [4.78, 5) is 18.8. The highest BCUT2D eigenvalue weighted by molar-refractivity contribution is 5.97. The number of halogens is 1. The van der Waals surface area contributed by atoms with Crippen LogP contribution in [-0.4, -0.2) is 16.9 Å². The van der Waals surface area contributed by atoms with E-state index in [1.807, 2.05) is 36.4 Å². The van der Waals surface area contributed by atoms with E-state index in [1.165, 1.54) is 12.1 Å². The molecule has 6 heteroatoms. The van der Waals surface area contributed by atoms with Crippen LogP contribution in [0.1, 0.15) is 11.1 Å². The van der Waals surface area contributed by atoms with Crippen molar-refractivity contribution in [1.82, 2.24) is 4.98 Å². The molecule has 0 bridgehead atoms. The minimum absolute atomic E-state index is 0.220. The maximum absolute atomic E-state index is 13.1. The SMILES string of the molecule is Nc1ccc(CN(C(=O)C(N)Cc2ccc(F)cc2)c2ccccc2)cn1. The fourth-order valence-electron chi connectivity index (χ4n) is 2.78. The third-order valence-corrected chi connectivity index (χ3v) is 4.21. The molecular formula is C21H21FN4O. The standard InChI is InChI=1S/C21H21FN4O/c22-17-9-6-15(7-10-17)12-19(23)21(27)26(18-4-2-1-3-5-18)14-16-8-11-20(24)25-13-16/h1-11,13,19H,12,14,23H2,(H2,24,25). The summed E-state index contributed by atoms with van der Waals surface area (Å²) >= 11 is 0. The van der Waals surface area contributed by atoms with Crippen LogP contribution in [0.5, 0.6) is 0 Å². The van der Waals surface area contributed by atoms with Crippen molar-refractivity contribution in [3.8, 4) is 0 Å². The third kappa shape index (κ3) is 4.89. The molecule has 3 rings (SSSR count). The second-order valence-electron chi connectivity index (χ2n) is 6.29. The molecule has 0 aliphatic heterocycles. The minimum atomic E-state index is -0.752. The van der Waals surface area contributed by atoms with Crippen molar-refractivity contribution in [3.63, 3.8) is 0 Å². The van der Waals surface area contributed by atoms with Crippen molar-refractivity contribution in [3.05, 3.63) is 89.9 Å². The molecule has 2 aromatic carbocycles. The highest BCUT2D eigenvalue weighted by Crippen LogP contribution is 2.19. The lowest BCUT2D eigenvalue weighted by Gasteiger charge is -2.26. The lowest BCUT2D eigenvalue weighted by atomic mass is 10.0. The summed E-state index contributed by atoms with van der Waals surface area (Å²) in [6.07, 6.45) is 1.96. The first kappa shape index (κ1) is 18.5. The molecule has 0 aliphatic rings.